The minimum Gasteiger partial charge on any atom is -0.313 e. The molecule has 0 radical (unpaired) electrons. The van der Waals surface area contributed by atoms with E-state index in [1.165, 1.54) is 15.6 Å². The van der Waals surface area contributed by atoms with Crippen LogP contribution in [0.5, 0.6) is 0 Å². The van der Waals surface area contributed by atoms with Crippen molar-refractivity contribution in [2.75, 3.05) is 7.05 Å². The van der Waals surface area contributed by atoms with E-state index in [1.54, 1.807) is 0 Å². The molecule has 0 aromatic heterocycles. The van der Waals surface area contributed by atoms with E-state index in [4.69, 9.17) is 0 Å². The van der Waals surface area contributed by atoms with Crippen LogP contribution < -0.4 is 5.32 Å². The van der Waals surface area contributed by atoms with Gasteiger partial charge in [0.2, 0.25) is 0 Å². The van der Waals surface area contributed by atoms with Crippen molar-refractivity contribution in [3.05, 3.63) is 33.8 Å². The highest BCUT2D eigenvalue weighted by Gasteiger charge is 2.15. The smallest absolute Gasteiger partial charge is 0.0352 e. The number of benzene rings is 1. The summed E-state index contributed by atoms with van der Waals surface area (Å²) in [6.45, 7) is 6.59. The highest BCUT2D eigenvalue weighted by molar-refractivity contribution is 9.10. The molecule has 1 aromatic carbocycles. The lowest BCUT2D eigenvalue weighted by molar-refractivity contribution is 0.441. The van der Waals surface area contributed by atoms with E-state index in [0.717, 1.165) is 0 Å². The molecule has 2 heteroatoms. The van der Waals surface area contributed by atoms with Crippen LogP contribution in [0.15, 0.2) is 22.7 Å². The van der Waals surface area contributed by atoms with E-state index in [2.05, 4.69) is 60.2 Å². The Morgan fingerprint density at radius 1 is 1.29 bits per heavy atom. The lowest BCUT2D eigenvalue weighted by atomic mass is 9.95. The van der Waals surface area contributed by atoms with Gasteiger partial charge in [-0.3, -0.25) is 0 Å². The van der Waals surface area contributed by atoms with Crippen LogP contribution >= 0.6 is 15.9 Å². The van der Waals surface area contributed by atoms with Crippen molar-refractivity contribution in [3.63, 3.8) is 0 Å². The third-order valence-corrected chi connectivity index (χ3v) is 3.19. The third-order valence-electron chi connectivity index (χ3n) is 2.46. The van der Waals surface area contributed by atoms with Crippen LogP contribution in [-0.2, 0) is 0 Å². The zero-order valence-electron chi connectivity index (χ0n) is 9.26. The van der Waals surface area contributed by atoms with Gasteiger partial charge in [-0.25, -0.2) is 0 Å². The Labute approximate surface area is 95.0 Å². The Hall–Kier alpha value is -0.340. The Balaban J connectivity index is 3.08. The van der Waals surface area contributed by atoms with Gasteiger partial charge in [-0.1, -0.05) is 47.5 Å². The Morgan fingerprint density at radius 3 is 2.43 bits per heavy atom. The fourth-order valence-electron chi connectivity index (χ4n) is 1.75. The summed E-state index contributed by atoms with van der Waals surface area (Å²) in [6.07, 6.45) is 0. The molecular weight excluding hydrogens is 238 g/mol. The van der Waals surface area contributed by atoms with Gasteiger partial charge in [0.15, 0.2) is 0 Å². The third kappa shape index (κ3) is 2.58. The summed E-state index contributed by atoms with van der Waals surface area (Å²) in [5, 5.41) is 3.36. The Morgan fingerprint density at radius 2 is 1.93 bits per heavy atom. The van der Waals surface area contributed by atoms with E-state index < -0.39 is 0 Å². The summed E-state index contributed by atoms with van der Waals surface area (Å²) in [5.74, 6) is 0.595. The SMILES string of the molecule is CNC(c1cc(C)ccc1Br)C(C)C. The van der Waals surface area contributed by atoms with Crippen LogP contribution in [-0.4, -0.2) is 7.05 Å². The molecule has 78 valence electrons. The first-order valence-electron chi connectivity index (χ1n) is 4.99. The summed E-state index contributed by atoms with van der Waals surface area (Å²) >= 11 is 3.60. The molecule has 0 bridgehead atoms. The molecule has 0 aliphatic rings. The predicted molar refractivity (Wildman–Crippen MR) is 65.5 cm³/mol. The van der Waals surface area contributed by atoms with E-state index in [9.17, 15) is 0 Å². The topological polar surface area (TPSA) is 12.0 Å². The summed E-state index contributed by atoms with van der Waals surface area (Å²) in [5.41, 5.74) is 2.66. The van der Waals surface area contributed by atoms with Crippen molar-refractivity contribution in [3.8, 4) is 0 Å². The fraction of sp³-hybridized carbons (Fsp3) is 0.500. The van der Waals surface area contributed by atoms with Gasteiger partial charge in [0.25, 0.3) is 0 Å². The fourth-order valence-corrected chi connectivity index (χ4v) is 2.24. The van der Waals surface area contributed by atoms with Crippen LogP contribution in [0.4, 0.5) is 0 Å². The summed E-state index contributed by atoms with van der Waals surface area (Å²) < 4.78 is 1.19. The Kier molecular flexibility index (Phi) is 4.14. The first kappa shape index (κ1) is 11.7. The normalized spacial score (nSPS) is 13.3. The molecule has 1 aromatic rings. The monoisotopic (exact) mass is 255 g/mol. The zero-order valence-corrected chi connectivity index (χ0v) is 10.9. The zero-order chi connectivity index (χ0) is 10.7. The predicted octanol–water partition coefficient (Wildman–Crippen LogP) is 3.67. The summed E-state index contributed by atoms with van der Waals surface area (Å²) in [6, 6.07) is 6.91. The summed E-state index contributed by atoms with van der Waals surface area (Å²) in [7, 11) is 2.01. The molecule has 0 spiro atoms. The molecule has 0 amide bonds. The maximum atomic E-state index is 3.60. The summed E-state index contributed by atoms with van der Waals surface area (Å²) in [4.78, 5) is 0. The lowest BCUT2D eigenvalue weighted by Crippen LogP contribution is -2.22. The lowest BCUT2D eigenvalue weighted by Gasteiger charge is -2.22. The van der Waals surface area contributed by atoms with Gasteiger partial charge >= 0.3 is 0 Å². The molecular formula is C12H18BrN. The van der Waals surface area contributed by atoms with Crippen molar-refractivity contribution in [2.24, 2.45) is 5.92 Å². The van der Waals surface area contributed by atoms with Gasteiger partial charge in [0, 0.05) is 10.5 Å². The molecule has 1 atom stereocenters. The second-order valence-electron chi connectivity index (χ2n) is 4.04. The van der Waals surface area contributed by atoms with E-state index in [0.29, 0.717) is 12.0 Å². The molecule has 1 unspecified atom stereocenters. The number of hydrogen-bond donors (Lipinski definition) is 1. The second-order valence-corrected chi connectivity index (χ2v) is 4.89. The average molecular weight is 256 g/mol. The first-order valence-corrected chi connectivity index (χ1v) is 5.79. The van der Waals surface area contributed by atoms with E-state index in [-0.39, 0.29) is 0 Å². The number of hydrogen-bond acceptors (Lipinski definition) is 1. The number of halogens is 1. The van der Waals surface area contributed by atoms with Crippen LogP contribution in [0.25, 0.3) is 0 Å². The first-order chi connectivity index (χ1) is 6.56. The number of rotatable bonds is 3. The minimum atomic E-state index is 0.421. The van der Waals surface area contributed by atoms with Crippen molar-refractivity contribution in [1.29, 1.82) is 0 Å². The second kappa shape index (κ2) is 4.94. The van der Waals surface area contributed by atoms with Crippen molar-refractivity contribution in [2.45, 2.75) is 26.8 Å². The van der Waals surface area contributed by atoms with Gasteiger partial charge in [-0.05, 0) is 31.5 Å². The van der Waals surface area contributed by atoms with Crippen LogP contribution in [0.2, 0.25) is 0 Å². The standard InChI is InChI=1S/C12H18BrN/c1-8(2)12(14-4)10-7-9(3)5-6-11(10)13/h5-8,12,14H,1-4H3. The van der Waals surface area contributed by atoms with Gasteiger partial charge in [0.05, 0.1) is 0 Å². The molecule has 0 heterocycles. The van der Waals surface area contributed by atoms with Crippen LogP contribution in [0.1, 0.15) is 31.0 Å². The van der Waals surface area contributed by atoms with E-state index in [1.807, 2.05) is 7.05 Å². The molecule has 0 saturated carbocycles. The molecule has 0 saturated heterocycles. The van der Waals surface area contributed by atoms with Gasteiger partial charge in [0.1, 0.15) is 0 Å². The molecule has 0 aliphatic heterocycles. The highest BCUT2D eigenvalue weighted by atomic mass is 79.9. The highest BCUT2D eigenvalue weighted by Crippen LogP contribution is 2.28. The van der Waals surface area contributed by atoms with Crippen molar-refractivity contribution in [1.82, 2.24) is 5.32 Å². The average Bonchev–Trinajstić information content (AvgIpc) is 2.11. The molecule has 1 N–H and O–H groups in total. The largest absolute Gasteiger partial charge is 0.313 e. The number of nitrogens with one attached hydrogen (secondary N) is 1. The van der Waals surface area contributed by atoms with Crippen LogP contribution in [0.3, 0.4) is 0 Å². The molecule has 1 nitrogen and oxygen atoms in total. The van der Waals surface area contributed by atoms with Crippen molar-refractivity contribution >= 4 is 15.9 Å². The Bertz CT molecular complexity index is 307. The molecule has 0 aliphatic carbocycles. The van der Waals surface area contributed by atoms with E-state index >= 15 is 0 Å². The number of aryl methyl sites for hydroxylation is 1. The van der Waals surface area contributed by atoms with Crippen LogP contribution in [0, 0.1) is 12.8 Å². The van der Waals surface area contributed by atoms with Gasteiger partial charge in [-0.2, -0.15) is 0 Å². The quantitative estimate of drug-likeness (QED) is 0.870. The molecule has 1 rings (SSSR count). The molecule has 0 fully saturated rings. The maximum Gasteiger partial charge on any atom is 0.0352 e. The molecule has 14 heavy (non-hydrogen) atoms. The minimum absolute atomic E-state index is 0.421. The van der Waals surface area contributed by atoms with Crippen molar-refractivity contribution < 1.29 is 0 Å². The van der Waals surface area contributed by atoms with Gasteiger partial charge in [-0.15, -0.1) is 0 Å². The van der Waals surface area contributed by atoms with Gasteiger partial charge < -0.3 is 5.32 Å². The maximum absolute atomic E-state index is 3.60.